The predicted molar refractivity (Wildman–Crippen MR) is 103 cm³/mol. The fraction of sp³-hybridized carbons (Fsp3) is 0.381. The van der Waals surface area contributed by atoms with Crippen molar-refractivity contribution < 1.29 is 9.13 Å². The second-order valence-electron chi connectivity index (χ2n) is 6.74. The van der Waals surface area contributed by atoms with E-state index in [1.165, 1.54) is 11.6 Å². The largest absolute Gasteiger partial charge is 0.380 e. The van der Waals surface area contributed by atoms with Crippen molar-refractivity contribution in [3.8, 4) is 0 Å². The topological polar surface area (TPSA) is 45.7 Å². The van der Waals surface area contributed by atoms with Gasteiger partial charge in [-0.25, -0.2) is 4.39 Å². The van der Waals surface area contributed by atoms with Crippen LogP contribution in [-0.4, -0.2) is 26.7 Å². The van der Waals surface area contributed by atoms with Crippen molar-refractivity contribution in [2.75, 3.05) is 20.7 Å². The van der Waals surface area contributed by atoms with Crippen LogP contribution in [0.4, 0.5) is 4.39 Å². The maximum absolute atomic E-state index is 14.1. The summed E-state index contributed by atoms with van der Waals surface area (Å²) in [6.07, 6.45) is 1.99. The number of halogens is 1. The molecule has 5 heteroatoms. The Balaban J connectivity index is 1.59. The predicted octanol–water partition coefficient (Wildman–Crippen LogP) is 3.37. The molecule has 4 nitrogen and oxygen atoms in total. The molecule has 0 aliphatic heterocycles. The summed E-state index contributed by atoms with van der Waals surface area (Å²) in [6, 6.07) is 15.2. The Morgan fingerprint density at radius 3 is 2.42 bits per heavy atom. The zero-order chi connectivity index (χ0) is 18.4. The Morgan fingerprint density at radius 2 is 1.77 bits per heavy atom. The molecule has 0 radical (unpaired) electrons. The highest BCUT2D eigenvalue weighted by Gasteiger charge is 2.45. The summed E-state index contributed by atoms with van der Waals surface area (Å²) in [5.74, 6) is 0.600. The van der Waals surface area contributed by atoms with Crippen molar-refractivity contribution in [3.63, 3.8) is 0 Å². The Morgan fingerprint density at radius 1 is 1.08 bits per heavy atom. The van der Waals surface area contributed by atoms with Crippen LogP contribution in [0.5, 0.6) is 0 Å². The highest BCUT2D eigenvalue weighted by Crippen LogP contribution is 2.48. The lowest BCUT2D eigenvalue weighted by atomic mass is 9.95. The molecule has 0 atom stereocenters. The van der Waals surface area contributed by atoms with E-state index in [2.05, 4.69) is 27.8 Å². The molecule has 1 aliphatic carbocycles. The van der Waals surface area contributed by atoms with Crippen molar-refractivity contribution in [2.24, 2.45) is 4.99 Å². The number of nitrogens with one attached hydrogen (secondary N) is 2. The third-order valence-corrected chi connectivity index (χ3v) is 4.98. The van der Waals surface area contributed by atoms with E-state index in [-0.39, 0.29) is 11.2 Å². The van der Waals surface area contributed by atoms with Crippen LogP contribution in [0.2, 0.25) is 0 Å². The minimum Gasteiger partial charge on any atom is -0.380 e. The van der Waals surface area contributed by atoms with Gasteiger partial charge in [0.1, 0.15) is 5.82 Å². The average Bonchev–Trinajstić information content (AvgIpc) is 3.44. The zero-order valence-corrected chi connectivity index (χ0v) is 15.4. The molecule has 0 heterocycles. The first-order valence-corrected chi connectivity index (χ1v) is 8.94. The number of rotatable bonds is 7. The van der Waals surface area contributed by atoms with Gasteiger partial charge in [-0.1, -0.05) is 42.5 Å². The molecule has 1 fully saturated rings. The molecule has 0 amide bonds. The van der Waals surface area contributed by atoms with Gasteiger partial charge >= 0.3 is 0 Å². The number of guanidine groups is 1. The highest BCUT2D eigenvalue weighted by atomic mass is 19.1. The standard InChI is InChI=1S/C21H26FN3O/c1-23-20(24-13-16-7-3-4-8-17(16)14-26-2)25-15-21(11-12-21)18-9-5-6-10-19(18)22/h3-10H,11-15H2,1-2H3,(H2,23,24,25). The quantitative estimate of drug-likeness (QED) is 0.591. The zero-order valence-electron chi connectivity index (χ0n) is 15.4. The number of hydrogen-bond donors (Lipinski definition) is 2. The fourth-order valence-electron chi connectivity index (χ4n) is 3.26. The summed E-state index contributed by atoms with van der Waals surface area (Å²) >= 11 is 0. The third-order valence-electron chi connectivity index (χ3n) is 4.98. The number of hydrogen-bond acceptors (Lipinski definition) is 2. The van der Waals surface area contributed by atoms with Gasteiger partial charge in [-0.05, 0) is 35.6 Å². The molecule has 3 rings (SSSR count). The Labute approximate surface area is 154 Å². The Bertz CT molecular complexity index is 771. The maximum atomic E-state index is 14.1. The van der Waals surface area contributed by atoms with E-state index >= 15 is 0 Å². The number of ether oxygens (including phenoxy) is 1. The average molecular weight is 355 g/mol. The lowest BCUT2D eigenvalue weighted by molar-refractivity contribution is 0.184. The molecule has 0 bridgehead atoms. The van der Waals surface area contributed by atoms with Gasteiger partial charge in [0.05, 0.1) is 6.61 Å². The fourth-order valence-corrected chi connectivity index (χ4v) is 3.26. The molecule has 138 valence electrons. The van der Waals surface area contributed by atoms with Crippen LogP contribution < -0.4 is 10.6 Å². The van der Waals surface area contributed by atoms with Crippen molar-refractivity contribution in [1.29, 1.82) is 0 Å². The molecular weight excluding hydrogens is 329 g/mol. The normalized spacial score (nSPS) is 15.6. The van der Waals surface area contributed by atoms with Crippen LogP contribution in [0, 0.1) is 5.82 Å². The van der Waals surface area contributed by atoms with Crippen LogP contribution in [0.1, 0.15) is 29.5 Å². The van der Waals surface area contributed by atoms with E-state index in [0.29, 0.717) is 19.7 Å². The van der Waals surface area contributed by atoms with Gasteiger partial charge in [0.15, 0.2) is 5.96 Å². The van der Waals surface area contributed by atoms with Crippen LogP contribution in [0.15, 0.2) is 53.5 Å². The van der Waals surface area contributed by atoms with Crippen LogP contribution in [0.3, 0.4) is 0 Å². The van der Waals surface area contributed by atoms with E-state index in [1.54, 1.807) is 20.2 Å². The molecule has 1 aliphatic rings. The molecule has 2 N–H and O–H groups in total. The molecule has 26 heavy (non-hydrogen) atoms. The van der Waals surface area contributed by atoms with Crippen molar-refractivity contribution >= 4 is 5.96 Å². The SMILES string of the molecule is CN=C(NCc1ccccc1COC)NCC1(c2ccccc2F)CC1. The van der Waals surface area contributed by atoms with Crippen LogP contribution >= 0.6 is 0 Å². The molecule has 0 spiro atoms. The van der Waals surface area contributed by atoms with Gasteiger partial charge < -0.3 is 15.4 Å². The van der Waals surface area contributed by atoms with E-state index < -0.39 is 0 Å². The summed E-state index contributed by atoms with van der Waals surface area (Å²) in [4.78, 5) is 4.30. The number of aliphatic imine (C=N–C) groups is 1. The first-order chi connectivity index (χ1) is 12.7. The van der Waals surface area contributed by atoms with Gasteiger partial charge in [-0.3, -0.25) is 4.99 Å². The van der Waals surface area contributed by atoms with Crippen LogP contribution in [-0.2, 0) is 23.3 Å². The van der Waals surface area contributed by atoms with Crippen molar-refractivity contribution in [1.82, 2.24) is 10.6 Å². The van der Waals surface area contributed by atoms with E-state index in [9.17, 15) is 4.39 Å². The van der Waals surface area contributed by atoms with Gasteiger partial charge in [0.25, 0.3) is 0 Å². The van der Waals surface area contributed by atoms with Gasteiger partial charge in [-0.2, -0.15) is 0 Å². The van der Waals surface area contributed by atoms with Gasteiger partial charge in [-0.15, -0.1) is 0 Å². The van der Waals surface area contributed by atoms with E-state index in [0.717, 1.165) is 29.9 Å². The summed E-state index contributed by atoms with van der Waals surface area (Å²) in [6.45, 7) is 1.92. The second-order valence-corrected chi connectivity index (χ2v) is 6.74. The molecule has 0 unspecified atom stereocenters. The Kier molecular flexibility index (Phi) is 5.89. The molecule has 0 saturated heterocycles. The molecule has 0 aromatic heterocycles. The lowest BCUT2D eigenvalue weighted by Crippen LogP contribution is -2.41. The summed E-state index contributed by atoms with van der Waals surface area (Å²) < 4.78 is 19.4. The van der Waals surface area contributed by atoms with E-state index in [4.69, 9.17) is 4.74 Å². The smallest absolute Gasteiger partial charge is 0.191 e. The summed E-state index contributed by atoms with van der Waals surface area (Å²) in [5.41, 5.74) is 3.01. The summed E-state index contributed by atoms with van der Waals surface area (Å²) in [5, 5.41) is 6.70. The van der Waals surface area contributed by atoms with Crippen molar-refractivity contribution in [3.05, 3.63) is 71.0 Å². The van der Waals surface area contributed by atoms with Crippen LogP contribution in [0.25, 0.3) is 0 Å². The minimum absolute atomic E-state index is 0.114. The first-order valence-electron chi connectivity index (χ1n) is 8.94. The molecular formula is C21H26FN3O. The molecule has 1 saturated carbocycles. The number of nitrogens with zero attached hydrogens (tertiary/aromatic N) is 1. The monoisotopic (exact) mass is 355 g/mol. The highest BCUT2D eigenvalue weighted by molar-refractivity contribution is 5.79. The Hall–Kier alpha value is -2.40. The van der Waals surface area contributed by atoms with Crippen molar-refractivity contribution in [2.45, 2.75) is 31.4 Å². The second kappa shape index (κ2) is 8.32. The number of benzene rings is 2. The first kappa shape index (κ1) is 18.4. The molecule has 2 aromatic carbocycles. The maximum Gasteiger partial charge on any atom is 0.191 e. The minimum atomic E-state index is -0.122. The lowest BCUT2D eigenvalue weighted by Gasteiger charge is -2.20. The van der Waals surface area contributed by atoms with Gasteiger partial charge in [0, 0.05) is 32.7 Å². The van der Waals surface area contributed by atoms with E-state index in [1.807, 2.05) is 24.3 Å². The number of methoxy groups -OCH3 is 1. The summed E-state index contributed by atoms with van der Waals surface area (Å²) in [7, 11) is 3.45. The van der Waals surface area contributed by atoms with Gasteiger partial charge in [0.2, 0.25) is 0 Å². The third kappa shape index (κ3) is 4.22. The molecule has 2 aromatic rings.